The number of hydrogen-bond donors (Lipinski definition) is 4. The summed E-state index contributed by atoms with van der Waals surface area (Å²) in [4.78, 5) is 0. The lowest BCUT2D eigenvalue weighted by atomic mass is 10.2. The van der Waals surface area contributed by atoms with E-state index >= 15 is 0 Å². The predicted octanol–water partition coefficient (Wildman–Crippen LogP) is -1.13. The first kappa shape index (κ1) is 9.28. The van der Waals surface area contributed by atoms with Crippen LogP contribution in [0.3, 0.4) is 0 Å². The fourth-order valence-corrected chi connectivity index (χ4v) is 2.40. The average molecular weight is 180 g/mol. The van der Waals surface area contributed by atoms with Crippen LogP contribution < -0.4 is 0 Å². The second kappa shape index (κ2) is 3.73. The van der Waals surface area contributed by atoms with Gasteiger partial charge >= 0.3 is 0 Å². The Morgan fingerprint density at radius 3 is 1.45 bits per heavy atom. The van der Waals surface area contributed by atoms with Gasteiger partial charge in [0.25, 0.3) is 0 Å². The molecular formula is C6H12O4S. The molecule has 2 unspecified atom stereocenters. The van der Waals surface area contributed by atoms with Gasteiger partial charge < -0.3 is 20.4 Å². The molecule has 1 saturated heterocycles. The van der Waals surface area contributed by atoms with Crippen LogP contribution in [-0.2, 0) is 0 Å². The van der Waals surface area contributed by atoms with E-state index in [-0.39, 0.29) is 10.5 Å². The Morgan fingerprint density at radius 1 is 0.909 bits per heavy atom. The molecule has 0 aromatic heterocycles. The molecule has 1 aliphatic heterocycles. The highest BCUT2D eigenvalue weighted by atomic mass is 32.2. The Bertz CT molecular complexity index is 114. The first-order valence-corrected chi connectivity index (χ1v) is 4.43. The van der Waals surface area contributed by atoms with Crippen LogP contribution >= 0.6 is 11.8 Å². The zero-order valence-electron chi connectivity index (χ0n) is 5.92. The maximum atomic E-state index is 8.72. The molecule has 2 atom stereocenters. The summed E-state index contributed by atoms with van der Waals surface area (Å²) in [7, 11) is 0. The van der Waals surface area contributed by atoms with Crippen molar-refractivity contribution in [1.29, 1.82) is 0 Å². The molecule has 11 heavy (non-hydrogen) atoms. The number of thioether (sulfide) groups is 1. The van der Waals surface area contributed by atoms with Crippen molar-refractivity contribution in [2.24, 2.45) is 0 Å². The van der Waals surface area contributed by atoms with Crippen molar-refractivity contribution in [3.63, 3.8) is 0 Å². The van der Waals surface area contributed by atoms with E-state index in [1.165, 1.54) is 11.8 Å². The third-order valence-corrected chi connectivity index (χ3v) is 3.41. The molecule has 4 N–H and O–H groups in total. The van der Waals surface area contributed by atoms with Crippen molar-refractivity contribution in [3.8, 4) is 0 Å². The minimum absolute atomic E-state index is 0.262. The van der Waals surface area contributed by atoms with Crippen molar-refractivity contribution in [2.45, 2.75) is 35.9 Å². The number of rotatable bonds is 2. The summed E-state index contributed by atoms with van der Waals surface area (Å²) < 4.78 is 0. The topological polar surface area (TPSA) is 80.9 Å². The summed E-state index contributed by atoms with van der Waals surface area (Å²) in [5.74, 6) is 0. The molecule has 0 amide bonds. The molecule has 1 aliphatic rings. The summed E-state index contributed by atoms with van der Waals surface area (Å²) in [6.45, 7) is 0. The van der Waals surface area contributed by atoms with E-state index < -0.39 is 12.6 Å². The molecule has 1 rings (SSSR count). The van der Waals surface area contributed by atoms with E-state index in [9.17, 15) is 0 Å². The Morgan fingerprint density at radius 2 is 1.27 bits per heavy atom. The first-order chi connectivity index (χ1) is 5.11. The third-order valence-electron chi connectivity index (χ3n) is 1.75. The Balaban J connectivity index is 2.35. The van der Waals surface area contributed by atoms with Gasteiger partial charge in [-0.2, -0.15) is 0 Å². The SMILES string of the molecule is OC(O)C1CCC(C(O)O)S1. The minimum atomic E-state index is -1.34. The van der Waals surface area contributed by atoms with Crippen LogP contribution in [0.4, 0.5) is 0 Å². The average Bonchev–Trinajstić information content (AvgIpc) is 2.33. The zero-order valence-corrected chi connectivity index (χ0v) is 6.74. The van der Waals surface area contributed by atoms with E-state index in [2.05, 4.69) is 0 Å². The fourth-order valence-electron chi connectivity index (χ4n) is 1.13. The van der Waals surface area contributed by atoms with Crippen LogP contribution in [0.2, 0.25) is 0 Å². The van der Waals surface area contributed by atoms with Gasteiger partial charge in [0.15, 0.2) is 12.6 Å². The molecule has 0 radical (unpaired) electrons. The molecule has 0 aromatic carbocycles. The van der Waals surface area contributed by atoms with E-state index in [0.29, 0.717) is 12.8 Å². The van der Waals surface area contributed by atoms with E-state index in [1.807, 2.05) is 0 Å². The highest BCUT2D eigenvalue weighted by Gasteiger charge is 2.32. The molecule has 0 spiro atoms. The van der Waals surface area contributed by atoms with Gasteiger partial charge in [-0.3, -0.25) is 0 Å². The lowest BCUT2D eigenvalue weighted by Gasteiger charge is -2.13. The standard InChI is InChI=1S/C6H12O4S/c7-5(8)3-1-2-4(11-3)6(9)10/h3-10H,1-2H2. The zero-order chi connectivity index (χ0) is 8.43. The van der Waals surface area contributed by atoms with Gasteiger partial charge in [-0.25, -0.2) is 0 Å². The van der Waals surface area contributed by atoms with Crippen molar-refractivity contribution < 1.29 is 20.4 Å². The molecule has 1 fully saturated rings. The lowest BCUT2D eigenvalue weighted by molar-refractivity contribution is -0.0434. The Labute approximate surface area is 68.9 Å². The fraction of sp³-hybridized carbons (Fsp3) is 1.00. The maximum Gasteiger partial charge on any atom is 0.163 e. The van der Waals surface area contributed by atoms with Crippen LogP contribution in [0.5, 0.6) is 0 Å². The quantitative estimate of drug-likeness (QED) is 0.404. The molecule has 4 nitrogen and oxygen atoms in total. The summed E-state index contributed by atoms with van der Waals surface area (Å²) in [5, 5.41) is 34.4. The minimum Gasteiger partial charge on any atom is -0.367 e. The highest BCUT2D eigenvalue weighted by molar-refractivity contribution is 8.00. The van der Waals surface area contributed by atoms with Gasteiger partial charge in [-0.05, 0) is 12.8 Å². The first-order valence-electron chi connectivity index (χ1n) is 3.49. The number of hydrogen-bond acceptors (Lipinski definition) is 5. The van der Waals surface area contributed by atoms with Crippen LogP contribution in [-0.4, -0.2) is 43.5 Å². The van der Waals surface area contributed by atoms with Crippen molar-refractivity contribution in [3.05, 3.63) is 0 Å². The van der Waals surface area contributed by atoms with Crippen LogP contribution in [0.15, 0.2) is 0 Å². The molecule has 66 valence electrons. The largest absolute Gasteiger partial charge is 0.367 e. The molecule has 0 saturated carbocycles. The lowest BCUT2D eigenvalue weighted by Crippen LogP contribution is -2.22. The smallest absolute Gasteiger partial charge is 0.163 e. The predicted molar refractivity (Wildman–Crippen MR) is 40.9 cm³/mol. The van der Waals surface area contributed by atoms with Gasteiger partial charge in [-0.15, -0.1) is 11.8 Å². The number of aliphatic hydroxyl groups excluding tert-OH is 2. The monoisotopic (exact) mass is 180 g/mol. The third kappa shape index (κ3) is 2.31. The highest BCUT2D eigenvalue weighted by Crippen LogP contribution is 2.36. The Kier molecular flexibility index (Phi) is 3.15. The maximum absolute atomic E-state index is 8.72. The van der Waals surface area contributed by atoms with Crippen molar-refractivity contribution >= 4 is 11.8 Å². The Hall–Kier alpha value is 0.190. The molecule has 0 bridgehead atoms. The molecule has 0 aromatic rings. The van der Waals surface area contributed by atoms with Crippen LogP contribution in [0.1, 0.15) is 12.8 Å². The second-order valence-corrected chi connectivity index (χ2v) is 4.10. The summed E-state index contributed by atoms with van der Waals surface area (Å²) in [6.07, 6.45) is -1.43. The second-order valence-electron chi connectivity index (χ2n) is 2.62. The van der Waals surface area contributed by atoms with Crippen molar-refractivity contribution in [1.82, 2.24) is 0 Å². The van der Waals surface area contributed by atoms with E-state index in [0.717, 1.165) is 0 Å². The van der Waals surface area contributed by atoms with E-state index in [4.69, 9.17) is 20.4 Å². The number of aliphatic hydroxyl groups is 4. The summed E-state index contributed by atoms with van der Waals surface area (Å²) in [6, 6.07) is 0. The van der Waals surface area contributed by atoms with Gasteiger partial charge in [0.1, 0.15) is 0 Å². The molecule has 0 aliphatic carbocycles. The van der Waals surface area contributed by atoms with Crippen LogP contribution in [0, 0.1) is 0 Å². The molecular weight excluding hydrogens is 168 g/mol. The van der Waals surface area contributed by atoms with Gasteiger partial charge in [0.05, 0.1) is 10.5 Å². The molecule has 1 heterocycles. The summed E-state index contributed by atoms with van der Waals surface area (Å²) >= 11 is 1.23. The van der Waals surface area contributed by atoms with Gasteiger partial charge in [0.2, 0.25) is 0 Å². The van der Waals surface area contributed by atoms with E-state index in [1.54, 1.807) is 0 Å². The van der Waals surface area contributed by atoms with Crippen LogP contribution in [0.25, 0.3) is 0 Å². The van der Waals surface area contributed by atoms with Gasteiger partial charge in [0, 0.05) is 0 Å². The van der Waals surface area contributed by atoms with Crippen molar-refractivity contribution in [2.75, 3.05) is 0 Å². The van der Waals surface area contributed by atoms with Gasteiger partial charge in [-0.1, -0.05) is 0 Å². The molecule has 5 heteroatoms. The summed E-state index contributed by atoms with van der Waals surface area (Å²) in [5.41, 5.74) is 0. The normalized spacial score (nSPS) is 32.2.